The molecule has 0 aromatic heterocycles. The molecule has 0 radical (unpaired) electrons. The smallest absolute Gasteiger partial charge is 0.284 e. The molecule has 0 fully saturated rings. The Morgan fingerprint density at radius 3 is 2.32 bits per heavy atom. The van der Waals surface area contributed by atoms with Crippen molar-refractivity contribution in [2.24, 2.45) is 10.1 Å². The molecule has 0 saturated carbocycles. The minimum absolute atomic E-state index is 0.189. The lowest BCUT2D eigenvalue weighted by atomic mass is 10.0. The first-order valence-corrected chi connectivity index (χ1v) is 8.23. The predicted molar refractivity (Wildman–Crippen MR) is 89.1 cm³/mol. The molecular weight excluding hydrogens is 298 g/mol. The van der Waals surface area contributed by atoms with Gasteiger partial charge in [-0.25, -0.2) is 0 Å². The summed E-state index contributed by atoms with van der Waals surface area (Å²) in [5.74, 6) is 0. The summed E-state index contributed by atoms with van der Waals surface area (Å²) < 4.78 is 28.5. The van der Waals surface area contributed by atoms with Gasteiger partial charge in [0.1, 0.15) is 6.34 Å². The van der Waals surface area contributed by atoms with Gasteiger partial charge in [0.25, 0.3) is 10.0 Å². The molecule has 5 nitrogen and oxygen atoms in total. The zero-order valence-corrected chi connectivity index (χ0v) is 13.4. The highest BCUT2D eigenvalue weighted by atomic mass is 32.2. The molecular formula is C16H19N3O2S. The van der Waals surface area contributed by atoms with Crippen molar-refractivity contribution in [3.63, 3.8) is 0 Å². The van der Waals surface area contributed by atoms with Crippen molar-refractivity contribution >= 4 is 16.4 Å². The van der Waals surface area contributed by atoms with E-state index in [2.05, 4.69) is 4.40 Å². The van der Waals surface area contributed by atoms with Crippen molar-refractivity contribution in [2.45, 2.75) is 11.4 Å². The van der Waals surface area contributed by atoms with Crippen molar-refractivity contribution in [3.05, 3.63) is 54.1 Å². The molecule has 0 saturated heterocycles. The molecule has 2 aromatic carbocycles. The van der Waals surface area contributed by atoms with Gasteiger partial charge in [-0.1, -0.05) is 42.5 Å². The van der Waals surface area contributed by atoms with Crippen LogP contribution in [0.4, 0.5) is 0 Å². The summed E-state index contributed by atoms with van der Waals surface area (Å²) in [4.78, 5) is 1.77. The molecule has 0 heterocycles. The Balaban J connectivity index is 2.50. The summed E-state index contributed by atoms with van der Waals surface area (Å²) in [6.07, 6.45) is 1.28. The van der Waals surface area contributed by atoms with Crippen molar-refractivity contribution in [2.75, 3.05) is 14.1 Å². The van der Waals surface area contributed by atoms with Gasteiger partial charge < -0.3 is 10.6 Å². The van der Waals surface area contributed by atoms with Crippen LogP contribution in [0.5, 0.6) is 0 Å². The maximum atomic E-state index is 12.4. The fourth-order valence-corrected chi connectivity index (χ4v) is 3.10. The highest BCUT2D eigenvalue weighted by Gasteiger charge is 2.17. The van der Waals surface area contributed by atoms with E-state index in [1.807, 2.05) is 24.3 Å². The SMILES string of the molecule is CN(C)C=NS(=O)(=O)c1ccccc1-c1ccc(CN)cc1. The van der Waals surface area contributed by atoms with E-state index in [1.165, 1.54) is 6.34 Å². The average molecular weight is 317 g/mol. The molecule has 0 aliphatic carbocycles. The van der Waals surface area contributed by atoms with Crippen LogP contribution in [0, 0.1) is 0 Å². The van der Waals surface area contributed by atoms with E-state index in [0.29, 0.717) is 12.1 Å². The van der Waals surface area contributed by atoms with Crippen LogP contribution in [0.2, 0.25) is 0 Å². The fourth-order valence-electron chi connectivity index (χ4n) is 1.96. The molecule has 0 unspecified atom stereocenters. The number of hydrogen-bond donors (Lipinski definition) is 1. The highest BCUT2D eigenvalue weighted by Crippen LogP contribution is 2.28. The number of benzene rings is 2. The lowest BCUT2D eigenvalue weighted by Gasteiger charge is -2.09. The van der Waals surface area contributed by atoms with Crippen molar-refractivity contribution < 1.29 is 8.42 Å². The summed E-state index contributed by atoms with van der Waals surface area (Å²) in [6, 6.07) is 14.3. The molecule has 0 aliphatic heterocycles. The van der Waals surface area contributed by atoms with E-state index < -0.39 is 10.0 Å². The molecule has 0 bridgehead atoms. The second-order valence-electron chi connectivity index (χ2n) is 5.06. The normalized spacial score (nSPS) is 11.8. The van der Waals surface area contributed by atoms with Crippen LogP contribution in [-0.4, -0.2) is 33.8 Å². The third-order valence-corrected chi connectivity index (χ3v) is 4.37. The molecule has 2 N–H and O–H groups in total. The van der Waals surface area contributed by atoms with Crippen LogP contribution < -0.4 is 5.73 Å². The predicted octanol–water partition coefficient (Wildman–Crippen LogP) is 2.09. The van der Waals surface area contributed by atoms with E-state index in [4.69, 9.17) is 5.73 Å². The summed E-state index contributed by atoms with van der Waals surface area (Å²) in [5.41, 5.74) is 8.02. The van der Waals surface area contributed by atoms with Gasteiger partial charge in [-0.15, -0.1) is 4.40 Å². The average Bonchev–Trinajstić information content (AvgIpc) is 2.53. The van der Waals surface area contributed by atoms with Crippen LogP contribution in [0.25, 0.3) is 11.1 Å². The van der Waals surface area contributed by atoms with Gasteiger partial charge in [0.2, 0.25) is 0 Å². The van der Waals surface area contributed by atoms with Gasteiger partial charge in [-0.05, 0) is 17.2 Å². The topological polar surface area (TPSA) is 75.8 Å². The van der Waals surface area contributed by atoms with E-state index in [-0.39, 0.29) is 4.90 Å². The third kappa shape index (κ3) is 3.72. The Morgan fingerprint density at radius 2 is 1.73 bits per heavy atom. The lowest BCUT2D eigenvalue weighted by Crippen LogP contribution is -2.10. The molecule has 0 spiro atoms. The first-order chi connectivity index (χ1) is 10.4. The molecule has 0 atom stereocenters. The maximum absolute atomic E-state index is 12.4. The fraction of sp³-hybridized carbons (Fsp3) is 0.188. The van der Waals surface area contributed by atoms with Crippen LogP contribution in [-0.2, 0) is 16.6 Å². The maximum Gasteiger partial charge on any atom is 0.284 e. The number of rotatable bonds is 5. The number of nitrogens with zero attached hydrogens (tertiary/aromatic N) is 2. The Labute approximate surface area is 131 Å². The quantitative estimate of drug-likeness (QED) is 0.677. The molecule has 116 valence electrons. The largest absolute Gasteiger partial charge is 0.368 e. The van der Waals surface area contributed by atoms with Crippen LogP contribution in [0.15, 0.2) is 57.8 Å². The van der Waals surface area contributed by atoms with Crippen LogP contribution in [0.3, 0.4) is 0 Å². The Hall–Kier alpha value is -2.18. The summed E-state index contributed by atoms with van der Waals surface area (Å²) >= 11 is 0. The monoisotopic (exact) mass is 317 g/mol. The molecule has 6 heteroatoms. The van der Waals surface area contributed by atoms with Gasteiger partial charge in [-0.2, -0.15) is 8.42 Å². The highest BCUT2D eigenvalue weighted by molar-refractivity contribution is 7.90. The Kier molecular flexibility index (Phi) is 4.95. The second kappa shape index (κ2) is 6.72. The number of nitrogens with two attached hydrogens (primary N) is 1. The molecule has 22 heavy (non-hydrogen) atoms. The summed E-state index contributed by atoms with van der Waals surface area (Å²) in [6.45, 7) is 0.452. The van der Waals surface area contributed by atoms with Gasteiger partial charge in [0, 0.05) is 26.2 Å². The van der Waals surface area contributed by atoms with E-state index in [1.54, 1.807) is 43.3 Å². The standard InChI is InChI=1S/C16H19N3O2S/c1-19(2)12-18-22(20,21)16-6-4-3-5-15(16)14-9-7-13(11-17)8-10-14/h3-10,12H,11,17H2,1-2H3. The van der Waals surface area contributed by atoms with Gasteiger partial charge in [-0.3, -0.25) is 0 Å². The van der Waals surface area contributed by atoms with E-state index in [0.717, 1.165) is 11.1 Å². The lowest BCUT2D eigenvalue weighted by molar-refractivity contribution is 0.595. The minimum atomic E-state index is -3.75. The summed E-state index contributed by atoms with van der Waals surface area (Å²) in [5, 5.41) is 0. The van der Waals surface area contributed by atoms with Crippen molar-refractivity contribution in [1.82, 2.24) is 4.90 Å². The van der Waals surface area contributed by atoms with E-state index >= 15 is 0 Å². The van der Waals surface area contributed by atoms with Gasteiger partial charge in [0.05, 0.1) is 4.90 Å². The first kappa shape index (κ1) is 16.2. The number of sulfonamides is 1. The van der Waals surface area contributed by atoms with E-state index in [9.17, 15) is 8.42 Å². The third-order valence-electron chi connectivity index (χ3n) is 3.08. The van der Waals surface area contributed by atoms with Crippen LogP contribution in [0.1, 0.15) is 5.56 Å². The van der Waals surface area contributed by atoms with Gasteiger partial charge in [0.15, 0.2) is 0 Å². The zero-order chi connectivity index (χ0) is 16.2. The van der Waals surface area contributed by atoms with Gasteiger partial charge >= 0.3 is 0 Å². The molecule has 0 amide bonds. The van der Waals surface area contributed by atoms with Crippen LogP contribution >= 0.6 is 0 Å². The van der Waals surface area contributed by atoms with Crippen molar-refractivity contribution in [1.29, 1.82) is 0 Å². The Morgan fingerprint density at radius 1 is 1.09 bits per heavy atom. The molecule has 2 rings (SSSR count). The first-order valence-electron chi connectivity index (χ1n) is 6.79. The molecule has 0 aliphatic rings. The van der Waals surface area contributed by atoms with Crippen molar-refractivity contribution in [3.8, 4) is 11.1 Å². The Bertz CT molecular complexity index is 766. The zero-order valence-electron chi connectivity index (χ0n) is 12.6. The summed E-state index contributed by atoms with van der Waals surface area (Å²) in [7, 11) is -0.309. The minimum Gasteiger partial charge on any atom is -0.368 e. The molecule has 2 aromatic rings. The second-order valence-corrected chi connectivity index (χ2v) is 6.66. The number of hydrogen-bond acceptors (Lipinski definition) is 3.